The maximum Gasteiger partial charge on any atom is 0.120 e. The number of phenolic OH excluding ortho intramolecular Hbond substituents is 1. The largest absolute Gasteiger partial charge is 0.508 e. The summed E-state index contributed by atoms with van der Waals surface area (Å²) in [5, 5.41) is 22.9. The first-order chi connectivity index (χ1) is 11.2. The highest BCUT2D eigenvalue weighted by Gasteiger charge is 2.11. The normalized spacial score (nSPS) is 12.1. The first-order valence-corrected chi connectivity index (χ1v) is 8.05. The SMILES string of the molecule is CCOc1ccc(O)c(CNC(CO)c2ccc(CC)cc2)c1. The van der Waals surface area contributed by atoms with E-state index in [1.165, 1.54) is 5.56 Å². The minimum absolute atomic E-state index is 0.00259. The second kappa shape index (κ2) is 8.56. The van der Waals surface area contributed by atoms with Gasteiger partial charge in [-0.2, -0.15) is 0 Å². The number of aryl methyl sites for hydroxylation is 1. The van der Waals surface area contributed by atoms with E-state index in [0.717, 1.165) is 23.3 Å². The Bertz CT molecular complexity index is 611. The van der Waals surface area contributed by atoms with Crippen LogP contribution in [0.1, 0.15) is 36.6 Å². The van der Waals surface area contributed by atoms with Crippen LogP contribution in [0.5, 0.6) is 11.5 Å². The van der Waals surface area contributed by atoms with Crippen molar-refractivity contribution in [3.05, 3.63) is 59.2 Å². The first kappa shape index (κ1) is 17.3. The van der Waals surface area contributed by atoms with Gasteiger partial charge in [-0.15, -0.1) is 0 Å². The third kappa shape index (κ3) is 4.71. The molecule has 1 unspecified atom stereocenters. The lowest BCUT2D eigenvalue weighted by Crippen LogP contribution is -2.24. The van der Waals surface area contributed by atoms with Crippen LogP contribution in [0, 0.1) is 0 Å². The van der Waals surface area contributed by atoms with Gasteiger partial charge < -0.3 is 20.3 Å². The Morgan fingerprint density at radius 3 is 2.43 bits per heavy atom. The molecule has 124 valence electrons. The molecule has 0 spiro atoms. The zero-order valence-electron chi connectivity index (χ0n) is 13.7. The highest BCUT2D eigenvalue weighted by molar-refractivity contribution is 5.39. The fraction of sp³-hybridized carbons (Fsp3) is 0.368. The minimum Gasteiger partial charge on any atom is -0.508 e. The molecule has 1 atom stereocenters. The van der Waals surface area contributed by atoms with Gasteiger partial charge in [-0.05, 0) is 42.7 Å². The van der Waals surface area contributed by atoms with Gasteiger partial charge in [-0.3, -0.25) is 0 Å². The highest BCUT2D eigenvalue weighted by Crippen LogP contribution is 2.24. The number of benzene rings is 2. The molecule has 0 bridgehead atoms. The second-order valence-electron chi connectivity index (χ2n) is 5.43. The molecule has 0 aromatic heterocycles. The molecule has 0 aliphatic carbocycles. The molecule has 0 radical (unpaired) electrons. The minimum atomic E-state index is -0.170. The second-order valence-corrected chi connectivity index (χ2v) is 5.43. The van der Waals surface area contributed by atoms with Crippen LogP contribution in [-0.2, 0) is 13.0 Å². The molecule has 0 saturated carbocycles. The predicted molar refractivity (Wildman–Crippen MR) is 91.8 cm³/mol. The van der Waals surface area contributed by atoms with Crippen molar-refractivity contribution in [2.24, 2.45) is 0 Å². The summed E-state index contributed by atoms with van der Waals surface area (Å²) in [7, 11) is 0. The summed E-state index contributed by atoms with van der Waals surface area (Å²) in [5.74, 6) is 0.953. The topological polar surface area (TPSA) is 61.7 Å². The van der Waals surface area contributed by atoms with E-state index in [0.29, 0.717) is 13.2 Å². The Labute approximate surface area is 137 Å². The number of aliphatic hydroxyl groups excluding tert-OH is 1. The zero-order chi connectivity index (χ0) is 16.7. The number of aromatic hydroxyl groups is 1. The summed E-state index contributed by atoms with van der Waals surface area (Å²) in [5.41, 5.74) is 3.05. The van der Waals surface area contributed by atoms with Gasteiger partial charge in [0.15, 0.2) is 0 Å². The average Bonchev–Trinajstić information content (AvgIpc) is 2.59. The van der Waals surface area contributed by atoms with Crippen molar-refractivity contribution >= 4 is 0 Å². The van der Waals surface area contributed by atoms with E-state index in [1.54, 1.807) is 12.1 Å². The molecule has 0 aliphatic rings. The Morgan fingerprint density at radius 1 is 1.09 bits per heavy atom. The van der Waals surface area contributed by atoms with Gasteiger partial charge in [-0.1, -0.05) is 31.2 Å². The van der Waals surface area contributed by atoms with Crippen LogP contribution in [0.25, 0.3) is 0 Å². The van der Waals surface area contributed by atoms with Gasteiger partial charge in [0.1, 0.15) is 11.5 Å². The molecule has 0 aliphatic heterocycles. The van der Waals surface area contributed by atoms with Crippen molar-refractivity contribution in [2.45, 2.75) is 32.9 Å². The summed E-state index contributed by atoms with van der Waals surface area (Å²) in [4.78, 5) is 0. The van der Waals surface area contributed by atoms with Crippen molar-refractivity contribution in [3.63, 3.8) is 0 Å². The van der Waals surface area contributed by atoms with E-state index in [1.807, 2.05) is 25.1 Å². The summed E-state index contributed by atoms with van der Waals surface area (Å²) >= 11 is 0. The van der Waals surface area contributed by atoms with Crippen molar-refractivity contribution in [3.8, 4) is 11.5 Å². The number of hydrogen-bond acceptors (Lipinski definition) is 4. The van der Waals surface area contributed by atoms with Gasteiger partial charge in [0, 0.05) is 12.1 Å². The van der Waals surface area contributed by atoms with Crippen molar-refractivity contribution < 1.29 is 14.9 Å². The fourth-order valence-corrected chi connectivity index (χ4v) is 2.47. The molecule has 3 N–H and O–H groups in total. The molecule has 0 heterocycles. The van der Waals surface area contributed by atoms with E-state index in [-0.39, 0.29) is 18.4 Å². The van der Waals surface area contributed by atoms with Crippen molar-refractivity contribution in [1.82, 2.24) is 5.32 Å². The standard InChI is InChI=1S/C19H25NO3/c1-3-14-5-7-15(8-6-14)18(13-21)20-12-16-11-17(23-4-2)9-10-19(16)22/h5-11,18,20-22H,3-4,12-13H2,1-2H3. The van der Waals surface area contributed by atoms with Crippen LogP contribution in [0.3, 0.4) is 0 Å². The van der Waals surface area contributed by atoms with E-state index in [9.17, 15) is 10.2 Å². The maximum absolute atomic E-state index is 9.97. The number of hydrogen-bond donors (Lipinski definition) is 3. The predicted octanol–water partition coefficient (Wildman–Crippen LogP) is 3.18. The number of aliphatic hydroxyl groups is 1. The lowest BCUT2D eigenvalue weighted by atomic mass is 10.0. The third-order valence-corrected chi connectivity index (χ3v) is 3.87. The van der Waals surface area contributed by atoms with E-state index in [4.69, 9.17) is 4.74 Å². The van der Waals surface area contributed by atoms with Gasteiger partial charge in [-0.25, -0.2) is 0 Å². The first-order valence-electron chi connectivity index (χ1n) is 8.05. The Morgan fingerprint density at radius 2 is 1.83 bits per heavy atom. The Balaban J connectivity index is 2.06. The molecule has 4 heteroatoms. The van der Waals surface area contributed by atoms with E-state index >= 15 is 0 Å². The van der Waals surface area contributed by atoms with Gasteiger partial charge in [0.2, 0.25) is 0 Å². The van der Waals surface area contributed by atoms with Crippen LogP contribution in [0.2, 0.25) is 0 Å². The van der Waals surface area contributed by atoms with Crippen molar-refractivity contribution in [2.75, 3.05) is 13.2 Å². The molecule has 2 aromatic carbocycles. The number of rotatable bonds is 8. The van der Waals surface area contributed by atoms with Gasteiger partial charge in [0.25, 0.3) is 0 Å². The number of nitrogens with one attached hydrogen (secondary N) is 1. The summed E-state index contributed by atoms with van der Waals surface area (Å²) in [6.07, 6.45) is 0.996. The molecule has 2 rings (SSSR count). The molecule has 0 amide bonds. The lowest BCUT2D eigenvalue weighted by molar-refractivity contribution is 0.243. The van der Waals surface area contributed by atoms with Gasteiger partial charge in [0.05, 0.1) is 19.3 Å². The monoisotopic (exact) mass is 315 g/mol. The molecule has 0 saturated heterocycles. The summed E-state index contributed by atoms with van der Waals surface area (Å²) in [6.45, 7) is 5.07. The van der Waals surface area contributed by atoms with E-state index in [2.05, 4.69) is 24.4 Å². The molecule has 23 heavy (non-hydrogen) atoms. The third-order valence-electron chi connectivity index (χ3n) is 3.87. The fourth-order valence-electron chi connectivity index (χ4n) is 2.47. The maximum atomic E-state index is 9.97. The van der Waals surface area contributed by atoms with Gasteiger partial charge >= 0.3 is 0 Å². The zero-order valence-corrected chi connectivity index (χ0v) is 13.7. The number of phenols is 1. The molecular weight excluding hydrogens is 290 g/mol. The van der Waals surface area contributed by atoms with Crippen LogP contribution < -0.4 is 10.1 Å². The quantitative estimate of drug-likeness (QED) is 0.700. The lowest BCUT2D eigenvalue weighted by Gasteiger charge is -2.18. The van der Waals surface area contributed by atoms with Crippen LogP contribution >= 0.6 is 0 Å². The highest BCUT2D eigenvalue weighted by atomic mass is 16.5. The molecule has 2 aromatic rings. The molecule has 0 fully saturated rings. The number of ether oxygens (including phenoxy) is 1. The molecule has 4 nitrogen and oxygen atoms in total. The Kier molecular flexibility index (Phi) is 6.44. The van der Waals surface area contributed by atoms with Crippen LogP contribution in [0.4, 0.5) is 0 Å². The smallest absolute Gasteiger partial charge is 0.120 e. The summed E-state index contributed by atoms with van der Waals surface area (Å²) < 4.78 is 5.46. The molecular formula is C19H25NO3. The Hall–Kier alpha value is -2.04. The average molecular weight is 315 g/mol. The van der Waals surface area contributed by atoms with Crippen LogP contribution in [-0.4, -0.2) is 23.4 Å². The van der Waals surface area contributed by atoms with Crippen LogP contribution in [0.15, 0.2) is 42.5 Å². The van der Waals surface area contributed by atoms with Crippen molar-refractivity contribution in [1.29, 1.82) is 0 Å². The summed E-state index contributed by atoms with van der Waals surface area (Å²) in [6, 6.07) is 13.2. The van der Waals surface area contributed by atoms with E-state index < -0.39 is 0 Å².